The van der Waals surface area contributed by atoms with Crippen molar-refractivity contribution in [3.05, 3.63) is 42.2 Å². The number of hydrogen-bond acceptors (Lipinski definition) is 5. The first-order chi connectivity index (χ1) is 9.35. The van der Waals surface area contributed by atoms with Crippen molar-refractivity contribution in [2.24, 2.45) is 0 Å². The van der Waals surface area contributed by atoms with Gasteiger partial charge in [-0.05, 0) is 11.6 Å². The van der Waals surface area contributed by atoms with E-state index in [-0.39, 0.29) is 6.10 Å². The molecule has 0 radical (unpaired) electrons. The van der Waals surface area contributed by atoms with E-state index in [1.807, 2.05) is 31.3 Å². The van der Waals surface area contributed by atoms with E-state index in [1.165, 1.54) is 5.56 Å². The average molecular weight is 256 g/mol. The normalized spacial score (nSPS) is 16.6. The molecule has 2 N–H and O–H groups in total. The van der Waals surface area contributed by atoms with Gasteiger partial charge in [0.05, 0.1) is 6.54 Å². The van der Waals surface area contributed by atoms with Crippen LogP contribution in [0.15, 0.2) is 36.7 Å². The zero-order chi connectivity index (χ0) is 13.1. The van der Waals surface area contributed by atoms with E-state index in [2.05, 4.69) is 26.7 Å². The third kappa shape index (κ3) is 2.59. The summed E-state index contributed by atoms with van der Waals surface area (Å²) in [6.07, 6.45) is 2.64. The molecule has 5 nitrogen and oxygen atoms in total. The molecule has 1 aliphatic heterocycles. The highest BCUT2D eigenvalue weighted by Crippen LogP contribution is 2.28. The van der Waals surface area contributed by atoms with E-state index >= 15 is 0 Å². The van der Waals surface area contributed by atoms with Gasteiger partial charge in [0.1, 0.15) is 29.8 Å². The molecule has 0 aliphatic carbocycles. The number of nitrogens with one attached hydrogen (secondary N) is 2. The Kier molecular flexibility index (Phi) is 3.18. The standard InChI is InChI=1S/C14H16N4O/c1-15-13-7-14(18-9-17-13)16-8-11-6-10-4-2-3-5-12(10)19-11/h2-5,7,9,11H,6,8H2,1H3,(H2,15,16,17,18). The minimum atomic E-state index is 0.158. The summed E-state index contributed by atoms with van der Waals surface area (Å²) in [4.78, 5) is 8.26. The number of rotatable bonds is 4. The van der Waals surface area contributed by atoms with Gasteiger partial charge in [-0.1, -0.05) is 18.2 Å². The zero-order valence-electron chi connectivity index (χ0n) is 10.8. The number of fused-ring (bicyclic) bond motifs is 1. The van der Waals surface area contributed by atoms with Gasteiger partial charge in [0.25, 0.3) is 0 Å². The van der Waals surface area contributed by atoms with E-state index in [1.54, 1.807) is 6.33 Å². The Morgan fingerprint density at radius 1 is 1.26 bits per heavy atom. The molecule has 19 heavy (non-hydrogen) atoms. The first-order valence-electron chi connectivity index (χ1n) is 6.33. The molecule has 0 bridgehead atoms. The molecule has 2 aromatic rings. The van der Waals surface area contributed by atoms with Gasteiger partial charge in [0.2, 0.25) is 0 Å². The lowest BCUT2D eigenvalue weighted by atomic mass is 10.1. The van der Waals surface area contributed by atoms with E-state index in [0.717, 1.165) is 30.4 Å². The fraction of sp³-hybridized carbons (Fsp3) is 0.286. The molecule has 1 aliphatic rings. The minimum absolute atomic E-state index is 0.158. The Labute approximate surface area is 112 Å². The second-order valence-electron chi connectivity index (χ2n) is 4.47. The van der Waals surface area contributed by atoms with Crippen LogP contribution in [0, 0.1) is 0 Å². The van der Waals surface area contributed by atoms with Crippen LogP contribution in [0.25, 0.3) is 0 Å². The lowest BCUT2D eigenvalue weighted by Crippen LogP contribution is -2.24. The maximum absolute atomic E-state index is 5.86. The van der Waals surface area contributed by atoms with Crippen molar-refractivity contribution in [1.82, 2.24) is 9.97 Å². The molecule has 5 heteroatoms. The van der Waals surface area contributed by atoms with Gasteiger partial charge >= 0.3 is 0 Å². The molecule has 1 aromatic heterocycles. The fourth-order valence-electron chi connectivity index (χ4n) is 2.18. The number of hydrogen-bond donors (Lipinski definition) is 2. The van der Waals surface area contributed by atoms with Crippen LogP contribution < -0.4 is 15.4 Å². The van der Waals surface area contributed by atoms with Crippen LogP contribution in [0.3, 0.4) is 0 Å². The predicted molar refractivity (Wildman–Crippen MR) is 74.6 cm³/mol. The zero-order valence-corrected chi connectivity index (χ0v) is 10.8. The van der Waals surface area contributed by atoms with Crippen LogP contribution in [-0.2, 0) is 6.42 Å². The number of anilines is 2. The highest BCUT2D eigenvalue weighted by atomic mass is 16.5. The number of benzene rings is 1. The quantitative estimate of drug-likeness (QED) is 0.875. The Balaban J connectivity index is 1.59. The van der Waals surface area contributed by atoms with Crippen molar-refractivity contribution in [1.29, 1.82) is 0 Å². The van der Waals surface area contributed by atoms with E-state index in [9.17, 15) is 0 Å². The van der Waals surface area contributed by atoms with Gasteiger partial charge < -0.3 is 15.4 Å². The molecule has 0 spiro atoms. The van der Waals surface area contributed by atoms with Crippen LogP contribution in [0.2, 0.25) is 0 Å². The maximum Gasteiger partial charge on any atom is 0.131 e. The molecule has 0 fully saturated rings. The molecule has 2 heterocycles. The van der Waals surface area contributed by atoms with Crippen LogP contribution >= 0.6 is 0 Å². The highest BCUT2D eigenvalue weighted by Gasteiger charge is 2.21. The lowest BCUT2D eigenvalue weighted by Gasteiger charge is -2.12. The summed E-state index contributed by atoms with van der Waals surface area (Å²) in [5, 5.41) is 6.27. The van der Waals surface area contributed by atoms with Crippen molar-refractivity contribution < 1.29 is 4.74 Å². The third-order valence-electron chi connectivity index (χ3n) is 3.15. The second-order valence-corrected chi connectivity index (χ2v) is 4.47. The van der Waals surface area contributed by atoms with Crippen molar-refractivity contribution in [2.75, 3.05) is 24.2 Å². The largest absolute Gasteiger partial charge is 0.488 e. The molecular formula is C14H16N4O. The van der Waals surface area contributed by atoms with Crippen LogP contribution in [-0.4, -0.2) is 29.7 Å². The molecule has 98 valence electrons. The molecule has 1 unspecified atom stereocenters. The topological polar surface area (TPSA) is 59.1 Å². The van der Waals surface area contributed by atoms with E-state index < -0.39 is 0 Å². The van der Waals surface area contributed by atoms with Gasteiger partial charge in [-0.25, -0.2) is 9.97 Å². The fourth-order valence-corrected chi connectivity index (χ4v) is 2.18. The SMILES string of the molecule is CNc1cc(NCC2Cc3ccccc3O2)ncn1. The third-order valence-corrected chi connectivity index (χ3v) is 3.15. The summed E-state index contributed by atoms with van der Waals surface area (Å²) in [5.74, 6) is 2.60. The summed E-state index contributed by atoms with van der Waals surface area (Å²) >= 11 is 0. The Morgan fingerprint density at radius 2 is 2.11 bits per heavy atom. The van der Waals surface area contributed by atoms with Crippen molar-refractivity contribution in [3.63, 3.8) is 0 Å². The molecule has 0 saturated carbocycles. The minimum Gasteiger partial charge on any atom is -0.488 e. The summed E-state index contributed by atoms with van der Waals surface area (Å²) in [5.41, 5.74) is 1.27. The van der Waals surface area contributed by atoms with Crippen molar-refractivity contribution in [3.8, 4) is 5.75 Å². The van der Waals surface area contributed by atoms with Gasteiger partial charge in [0.15, 0.2) is 0 Å². The molecule has 0 saturated heterocycles. The smallest absolute Gasteiger partial charge is 0.131 e. The number of ether oxygens (including phenoxy) is 1. The van der Waals surface area contributed by atoms with Gasteiger partial charge in [-0.3, -0.25) is 0 Å². The summed E-state index contributed by atoms with van der Waals surface area (Å²) in [6.45, 7) is 0.731. The van der Waals surface area contributed by atoms with Crippen LogP contribution in [0.1, 0.15) is 5.56 Å². The summed E-state index contributed by atoms with van der Waals surface area (Å²) < 4.78 is 5.86. The molecule has 0 amide bonds. The molecular weight excluding hydrogens is 240 g/mol. The predicted octanol–water partition coefficient (Wildman–Crippen LogP) is 1.93. The van der Waals surface area contributed by atoms with Crippen LogP contribution in [0.5, 0.6) is 5.75 Å². The summed E-state index contributed by atoms with van der Waals surface area (Å²) in [6, 6.07) is 10.0. The van der Waals surface area contributed by atoms with E-state index in [4.69, 9.17) is 4.74 Å². The van der Waals surface area contributed by atoms with Gasteiger partial charge in [0, 0.05) is 19.5 Å². The first kappa shape index (κ1) is 11.8. The van der Waals surface area contributed by atoms with Gasteiger partial charge in [-0.15, -0.1) is 0 Å². The van der Waals surface area contributed by atoms with Crippen molar-refractivity contribution >= 4 is 11.6 Å². The molecule has 1 atom stereocenters. The average Bonchev–Trinajstić information content (AvgIpc) is 2.88. The summed E-state index contributed by atoms with van der Waals surface area (Å²) in [7, 11) is 1.84. The van der Waals surface area contributed by atoms with Gasteiger partial charge in [-0.2, -0.15) is 0 Å². The number of nitrogens with zero attached hydrogens (tertiary/aromatic N) is 2. The Morgan fingerprint density at radius 3 is 2.95 bits per heavy atom. The van der Waals surface area contributed by atoms with Crippen molar-refractivity contribution in [2.45, 2.75) is 12.5 Å². The first-order valence-corrected chi connectivity index (χ1v) is 6.33. The Hall–Kier alpha value is -2.30. The van der Waals surface area contributed by atoms with E-state index in [0.29, 0.717) is 0 Å². The molecule has 1 aromatic carbocycles. The van der Waals surface area contributed by atoms with Crippen LogP contribution in [0.4, 0.5) is 11.6 Å². The number of aromatic nitrogens is 2. The maximum atomic E-state index is 5.86. The second kappa shape index (κ2) is 5.14. The Bertz CT molecular complexity index is 548. The monoisotopic (exact) mass is 256 g/mol. The molecule has 3 rings (SSSR count). The lowest BCUT2D eigenvalue weighted by molar-refractivity contribution is 0.246. The number of para-hydroxylation sites is 1. The highest BCUT2D eigenvalue weighted by molar-refractivity contribution is 5.46.